The topological polar surface area (TPSA) is 80.9 Å². The van der Waals surface area contributed by atoms with Gasteiger partial charge in [0.2, 0.25) is 5.91 Å². The van der Waals surface area contributed by atoms with Crippen LogP contribution < -0.4 is 5.32 Å². The molecule has 23 heavy (non-hydrogen) atoms. The number of rotatable bonds is 6. The molecule has 1 saturated heterocycles. The van der Waals surface area contributed by atoms with Crippen LogP contribution in [0.2, 0.25) is 0 Å². The lowest BCUT2D eigenvalue weighted by Crippen LogP contribution is -2.39. The highest BCUT2D eigenvalue weighted by Gasteiger charge is 2.27. The molecule has 1 fully saturated rings. The van der Waals surface area contributed by atoms with Gasteiger partial charge < -0.3 is 5.32 Å². The van der Waals surface area contributed by atoms with Crippen molar-refractivity contribution in [1.82, 2.24) is 29.4 Å². The molecule has 1 amide bonds. The third-order valence-corrected chi connectivity index (χ3v) is 4.14. The predicted octanol–water partition coefficient (Wildman–Crippen LogP) is 1.16. The normalized spacial score (nSPS) is 18.7. The van der Waals surface area contributed by atoms with E-state index in [4.69, 9.17) is 0 Å². The molecule has 0 saturated carbocycles. The van der Waals surface area contributed by atoms with Crippen molar-refractivity contribution in [3.8, 4) is 0 Å². The minimum Gasteiger partial charge on any atom is -0.310 e. The van der Waals surface area contributed by atoms with Gasteiger partial charge in [0, 0.05) is 18.2 Å². The van der Waals surface area contributed by atoms with Gasteiger partial charge in [-0.05, 0) is 33.2 Å². The van der Waals surface area contributed by atoms with Gasteiger partial charge in [0.05, 0.1) is 19.3 Å². The predicted molar refractivity (Wildman–Crippen MR) is 85.9 cm³/mol. The number of carbonyl (C=O) groups excluding carboxylic acids is 1. The zero-order valence-electron chi connectivity index (χ0n) is 13.6. The highest BCUT2D eigenvalue weighted by molar-refractivity contribution is 5.91. The summed E-state index contributed by atoms with van der Waals surface area (Å²) in [5.41, 5.74) is 0. The van der Waals surface area contributed by atoms with Crippen molar-refractivity contribution in [3.63, 3.8) is 0 Å². The highest BCUT2D eigenvalue weighted by Crippen LogP contribution is 2.19. The first-order chi connectivity index (χ1) is 11.1. The van der Waals surface area contributed by atoms with E-state index in [0.717, 1.165) is 31.7 Å². The van der Waals surface area contributed by atoms with Crippen LogP contribution in [0.4, 0.5) is 5.82 Å². The number of carbonyl (C=O) groups is 1. The van der Waals surface area contributed by atoms with E-state index in [1.807, 2.05) is 29.3 Å². The Kier molecular flexibility index (Phi) is 4.71. The summed E-state index contributed by atoms with van der Waals surface area (Å²) in [6, 6.07) is 2.37. The molecular formula is C15H23N7O. The van der Waals surface area contributed by atoms with Crippen LogP contribution in [0.5, 0.6) is 0 Å². The summed E-state index contributed by atoms with van der Waals surface area (Å²) in [6.07, 6.45) is 7.16. The van der Waals surface area contributed by atoms with Gasteiger partial charge in [-0.3, -0.25) is 14.4 Å². The van der Waals surface area contributed by atoms with Gasteiger partial charge in [-0.25, -0.2) is 9.67 Å². The summed E-state index contributed by atoms with van der Waals surface area (Å²) >= 11 is 0. The Balaban J connectivity index is 1.57. The minimum absolute atomic E-state index is 0.00195. The Bertz CT molecular complexity index is 634. The van der Waals surface area contributed by atoms with Crippen molar-refractivity contribution in [1.29, 1.82) is 0 Å². The van der Waals surface area contributed by atoms with Gasteiger partial charge in [-0.15, -0.1) is 0 Å². The largest absolute Gasteiger partial charge is 0.310 e. The van der Waals surface area contributed by atoms with Gasteiger partial charge in [0.25, 0.3) is 0 Å². The van der Waals surface area contributed by atoms with E-state index in [9.17, 15) is 4.79 Å². The quantitative estimate of drug-likeness (QED) is 0.864. The Morgan fingerprint density at radius 3 is 3.04 bits per heavy atom. The van der Waals surface area contributed by atoms with E-state index in [2.05, 4.69) is 25.4 Å². The summed E-state index contributed by atoms with van der Waals surface area (Å²) in [5, 5.41) is 11.4. The molecule has 1 aliphatic heterocycles. The molecule has 2 aromatic heterocycles. The molecule has 8 nitrogen and oxygen atoms in total. The van der Waals surface area contributed by atoms with Crippen LogP contribution in [-0.4, -0.2) is 54.5 Å². The average Bonchev–Trinajstić information content (AvgIpc) is 3.22. The van der Waals surface area contributed by atoms with Gasteiger partial charge in [0.1, 0.15) is 18.5 Å². The summed E-state index contributed by atoms with van der Waals surface area (Å²) < 4.78 is 3.64. The average molecular weight is 317 g/mol. The fourth-order valence-corrected chi connectivity index (χ4v) is 3.04. The second-order valence-electron chi connectivity index (χ2n) is 6.19. The molecule has 2 aromatic rings. The SMILES string of the molecule is CC(C)n1nccc1NC(=O)CN1CCC[C@@H]1Cn1cncn1. The lowest BCUT2D eigenvalue weighted by Gasteiger charge is -2.23. The van der Waals surface area contributed by atoms with Crippen LogP contribution in [-0.2, 0) is 11.3 Å². The third-order valence-electron chi connectivity index (χ3n) is 4.14. The number of likely N-dealkylation sites (tertiary alicyclic amines) is 1. The molecule has 3 heterocycles. The van der Waals surface area contributed by atoms with Crippen LogP contribution in [0.1, 0.15) is 32.7 Å². The van der Waals surface area contributed by atoms with E-state index >= 15 is 0 Å². The molecular weight excluding hydrogens is 294 g/mol. The van der Waals surface area contributed by atoms with Gasteiger partial charge >= 0.3 is 0 Å². The van der Waals surface area contributed by atoms with E-state index in [-0.39, 0.29) is 11.9 Å². The van der Waals surface area contributed by atoms with Crippen LogP contribution in [0.15, 0.2) is 24.9 Å². The van der Waals surface area contributed by atoms with Gasteiger partial charge in [0.15, 0.2) is 0 Å². The maximum Gasteiger partial charge on any atom is 0.239 e. The number of hydrogen-bond donors (Lipinski definition) is 1. The molecule has 0 radical (unpaired) electrons. The zero-order valence-corrected chi connectivity index (χ0v) is 13.6. The minimum atomic E-state index is -0.00195. The molecule has 0 aromatic carbocycles. The van der Waals surface area contributed by atoms with Crippen LogP contribution in [0.25, 0.3) is 0 Å². The van der Waals surface area contributed by atoms with E-state index in [1.165, 1.54) is 0 Å². The van der Waals surface area contributed by atoms with Crippen LogP contribution in [0, 0.1) is 0 Å². The highest BCUT2D eigenvalue weighted by atomic mass is 16.2. The molecule has 1 aliphatic rings. The number of anilines is 1. The number of hydrogen-bond acceptors (Lipinski definition) is 5. The van der Waals surface area contributed by atoms with E-state index in [1.54, 1.807) is 18.9 Å². The van der Waals surface area contributed by atoms with Crippen molar-refractivity contribution in [2.24, 2.45) is 0 Å². The molecule has 124 valence electrons. The summed E-state index contributed by atoms with van der Waals surface area (Å²) in [5.74, 6) is 0.745. The molecule has 3 rings (SSSR count). The Morgan fingerprint density at radius 1 is 1.43 bits per heavy atom. The van der Waals surface area contributed by atoms with Crippen molar-refractivity contribution in [2.45, 2.75) is 45.3 Å². The molecule has 0 spiro atoms. The zero-order chi connectivity index (χ0) is 16.2. The maximum atomic E-state index is 12.4. The Hall–Kier alpha value is -2.22. The fourth-order valence-electron chi connectivity index (χ4n) is 3.04. The molecule has 0 unspecified atom stereocenters. The van der Waals surface area contributed by atoms with E-state index < -0.39 is 0 Å². The van der Waals surface area contributed by atoms with E-state index in [0.29, 0.717) is 12.6 Å². The Morgan fingerprint density at radius 2 is 2.30 bits per heavy atom. The number of amides is 1. The lowest BCUT2D eigenvalue weighted by molar-refractivity contribution is -0.117. The van der Waals surface area contributed by atoms with Gasteiger partial charge in [-0.1, -0.05) is 0 Å². The maximum absolute atomic E-state index is 12.4. The van der Waals surface area contributed by atoms with Crippen molar-refractivity contribution in [2.75, 3.05) is 18.4 Å². The molecule has 0 aliphatic carbocycles. The number of nitrogens with one attached hydrogen (secondary N) is 1. The first-order valence-electron chi connectivity index (χ1n) is 8.03. The fraction of sp³-hybridized carbons (Fsp3) is 0.600. The van der Waals surface area contributed by atoms with Crippen molar-refractivity contribution in [3.05, 3.63) is 24.9 Å². The lowest BCUT2D eigenvalue weighted by atomic mass is 10.2. The second-order valence-corrected chi connectivity index (χ2v) is 6.19. The van der Waals surface area contributed by atoms with Crippen LogP contribution >= 0.6 is 0 Å². The number of aromatic nitrogens is 5. The standard InChI is InChI=1S/C15H23N7O/c1-12(2)22-14(5-6-17-22)19-15(23)9-20-7-3-4-13(20)8-21-11-16-10-18-21/h5-6,10-13H,3-4,7-9H2,1-2H3,(H,19,23)/t13-/m1/s1. The molecule has 1 atom stereocenters. The second kappa shape index (κ2) is 6.91. The monoisotopic (exact) mass is 317 g/mol. The summed E-state index contributed by atoms with van der Waals surface area (Å²) in [4.78, 5) is 18.5. The summed E-state index contributed by atoms with van der Waals surface area (Å²) in [6.45, 7) is 6.19. The summed E-state index contributed by atoms with van der Waals surface area (Å²) in [7, 11) is 0. The Labute approximate surface area is 135 Å². The molecule has 8 heteroatoms. The van der Waals surface area contributed by atoms with Crippen molar-refractivity contribution < 1.29 is 4.79 Å². The first-order valence-corrected chi connectivity index (χ1v) is 8.03. The van der Waals surface area contributed by atoms with Crippen molar-refractivity contribution >= 4 is 11.7 Å². The first kappa shape index (κ1) is 15.7. The van der Waals surface area contributed by atoms with Crippen LogP contribution in [0.3, 0.4) is 0 Å². The van der Waals surface area contributed by atoms with Gasteiger partial charge in [-0.2, -0.15) is 10.2 Å². The number of nitrogens with zero attached hydrogens (tertiary/aromatic N) is 6. The molecule has 1 N–H and O–H groups in total. The third kappa shape index (κ3) is 3.76. The smallest absolute Gasteiger partial charge is 0.239 e. The molecule has 0 bridgehead atoms.